The topological polar surface area (TPSA) is 12.0 Å². The Labute approximate surface area is 97.2 Å². The molecule has 1 aromatic rings. The maximum Gasteiger partial charge on any atom is 0.0247 e. The van der Waals surface area contributed by atoms with Gasteiger partial charge < -0.3 is 5.32 Å². The van der Waals surface area contributed by atoms with Gasteiger partial charge in [-0.1, -0.05) is 19.1 Å². The maximum atomic E-state index is 3.87. The summed E-state index contributed by atoms with van der Waals surface area (Å²) in [5.74, 6) is 0. The lowest BCUT2D eigenvalue weighted by molar-refractivity contribution is 0.537. The molecule has 84 valence electrons. The van der Waals surface area contributed by atoms with Crippen molar-refractivity contribution in [3.63, 3.8) is 0 Å². The number of hydrogen-bond acceptors (Lipinski definition) is 2. The normalized spacial score (nSPS) is 12.6. The Kier molecular flexibility index (Phi) is 6.37. The summed E-state index contributed by atoms with van der Waals surface area (Å²) in [6.45, 7) is 7.16. The van der Waals surface area contributed by atoms with Gasteiger partial charge in [0.05, 0.1) is 0 Å². The molecule has 1 N–H and O–H groups in total. The lowest BCUT2D eigenvalue weighted by atomic mass is 10.1. The van der Waals surface area contributed by atoms with Gasteiger partial charge in [0.15, 0.2) is 0 Å². The maximum absolute atomic E-state index is 3.87. The van der Waals surface area contributed by atoms with Crippen LogP contribution in [0.2, 0.25) is 0 Å². The molecule has 0 saturated carbocycles. The monoisotopic (exact) mass is 223 g/mol. The number of hydrogen-bond donors (Lipinski definition) is 1. The summed E-state index contributed by atoms with van der Waals surface area (Å²) >= 11 is 1.85. The molecular formula is C13H21NS. The minimum atomic E-state index is 0.491. The Bertz CT molecular complexity index is 254. The molecule has 1 unspecified atom stereocenters. The van der Waals surface area contributed by atoms with E-state index in [2.05, 4.69) is 36.3 Å². The zero-order valence-electron chi connectivity index (χ0n) is 9.54. The third-order valence-electron chi connectivity index (χ3n) is 2.46. The molecule has 2 heteroatoms. The van der Waals surface area contributed by atoms with E-state index in [1.54, 1.807) is 0 Å². The Hall–Kier alpha value is -0.600. The van der Waals surface area contributed by atoms with Crippen LogP contribution in [0.15, 0.2) is 30.2 Å². The van der Waals surface area contributed by atoms with Crippen LogP contribution in [0.25, 0.3) is 0 Å². The number of aryl methyl sites for hydroxylation is 1. The average molecular weight is 223 g/mol. The Balaban J connectivity index is 2.14. The molecule has 15 heavy (non-hydrogen) atoms. The molecule has 0 radical (unpaired) electrons. The predicted octanol–water partition coefficient (Wildman–Crippen LogP) is 3.63. The van der Waals surface area contributed by atoms with Gasteiger partial charge in [0.25, 0.3) is 0 Å². The SMILES string of the molecule is C=CC(CCCc1cccs1)NCCC. The molecule has 1 heterocycles. The predicted molar refractivity (Wildman–Crippen MR) is 69.5 cm³/mol. The molecule has 0 aromatic carbocycles. The summed E-state index contributed by atoms with van der Waals surface area (Å²) in [5, 5.41) is 5.63. The molecular weight excluding hydrogens is 202 g/mol. The summed E-state index contributed by atoms with van der Waals surface area (Å²) in [7, 11) is 0. The van der Waals surface area contributed by atoms with Crippen LogP contribution in [0, 0.1) is 0 Å². The Morgan fingerprint density at radius 2 is 2.47 bits per heavy atom. The summed E-state index contributed by atoms with van der Waals surface area (Å²) < 4.78 is 0. The second-order valence-corrected chi connectivity index (χ2v) is 4.80. The second-order valence-electron chi connectivity index (χ2n) is 3.77. The molecule has 0 bridgehead atoms. The van der Waals surface area contributed by atoms with E-state index < -0.39 is 0 Å². The summed E-state index contributed by atoms with van der Waals surface area (Å²) in [4.78, 5) is 1.49. The highest BCUT2D eigenvalue weighted by Gasteiger charge is 2.02. The van der Waals surface area contributed by atoms with E-state index >= 15 is 0 Å². The van der Waals surface area contributed by atoms with Gasteiger partial charge in [0.2, 0.25) is 0 Å². The smallest absolute Gasteiger partial charge is 0.0247 e. The van der Waals surface area contributed by atoms with Gasteiger partial charge in [0, 0.05) is 10.9 Å². The van der Waals surface area contributed by atoms with Crippen LogP contribution < -0.4 is 5.32 Å². The van der Waals surface area contributed by atoms with Crippen molar-refractivity contribution in [2.45, 2.75) is 38.6 Å². The van der Waals surface area contributed by atoms with E-state index in [0.29, 0.717) is 6.04 Å². The first-order chi connectivity index (χ1) is 7.36. The summed E-state index contributed by atoms with van der Waals surface area (Å²) in [6, 6.07) is 4.83. The van der Waals surface area contributed by atoms with Crippen molar-refractivity contribution in [1.29, 1.82) is 0 Å². The van der Waals surface area contributed by atoms with Crippen LogP contribution in [0.5, 0.6) is 0 Å². The lowest BCUT2D eigenvalue weighted by Crippen LogP contribution is -2.27. The van der Waals surface area contributed by atoms with E-state index in [9.17, 15) is 0 Å². The zero-order valence-corrected chi connectivity index (χ0v) is 10.4. The van der Waals surface area contributed by atoms with E-state index in [4.69, 9.17) is 0 Å². The van der Waals surface area contributed by atoms with Gasteiger partial charge in [-0.05, 0) is 43.7 Å². The van der Waals surface area contributed by atoms with Crippen molar-refractivity contribution >= 4 is 11.3 Å². The van der Waals surface area contributed by atoms with Gasteiger partial charge >= 0.3 is 0 Å². The van der Waals surface area contributed by atoms with Gasteiger partial charge in [-0.2, -0.15) is 0 Å². The van der Waals surface area contributed by atoms with Crippen molar-refractivity contribution < 1.29 is 0 Å². The minimum absolute atomic E-state index is 0.491. The van der Waals surface area contributed by atoms with Crippen LogP contribution in [-0.4, -0.2) is 12.6 Å². The molecule has 1 nitrogen and oxygen atoms in total. The standard InChI is InChI=1S/C13H21NS/c1-3-10-14-12(4-2)7-5-8-13-9-6-11-15-13/h4,6,9,11-12,14H,2-3,5,7-8,10H2,1H3. The van der Waals surface area contributed by atoms with Crippen molar-refractivity contribution in [3.8, 4) is 0 Å². The molecule has 0 aliphatic rings. The van der Waals surface area contributed by atoms with Gasteiger partial charge in [-0.25, -0.2) is 0 Å². The molecule has 0 amide bonds. The Morgan fingerprint density at radius 3 is 3.07 bits per heavy atom. The van der Waals surface area contributed by atoms with Crippen LogP contribution in [0.1, 0.15) is 31.1 Å². The van der Waals surface area contributed by atoms with Crippen molar-refractivity contribution in [3.05, 3.63) is 35.0 Å². The average Bonchev–Trinajstić information content (AvgIpc) is 2.76. The van der Waals surface area contributed by atoms with Gasteiger partial charge in [-0.3, -0.25) is 0 Å². The lowest BCUT2D eigenvalue weighted by Gasteiger charge is -2.13. The third kappa shape index (κ3) is 5.14. The first-order valence-corrected chi connectivity index (χ1v) is 6.63. The van der Waals surface area contributed by atoms with E-state index in [1.807, 2.05) is 17.4 Å². The quantitative estimate of drug-likeness (QED) is 0.664. The van der Waals surface area contributed by atoms with Crippen LogP contribution in [-0.2, 0) is 6.42 Å². The largest absolute Gasteiger partial charge is 0.311 e. The highest BCUT2D eigenvalue weighted by Crippen LogP contribution is 2.12. The van der Waals surface area contributed by atoms with Crippen molar-refractivity contribution in [1.82, 2.24) is 5.32 Å². The molecule has 0 aliphatic heterocycles. The zero-order chi connectivity index (χ0) is 10.9. The fourth-order valence-corrected chi connectivity index (χ4v) is 2.34. The van der Waals surface area contributed by atoms with Crippen molar-refractivity contribution in [2.24, 2.45) is 0 Å². The third-order valence-corrected chi connectivity index (χ3v) is 3.40. The van der Waals surface area contributed by atoms with Crippen LogP contribution in [0.3, 0.4) is 0 Å². The van der Waals surface area contributed by atoms with E-state index in [-0.39, 0.29) is 0 Å². The van der Waals surface area contributed by atoms with Crippen LogP contribution >= 0.6 is 11.3 Å². The molecule has 1 rings (SSSR count). The number of thiophene rings is 1. The molecule has 0 fully saturated rings. The summed E-state index contributed by atoms with van der Waals surface area (Å²) in [5.41, 5.74) is 0. The number of rotatable bonds is 8. The van der Waals surface area contributed by atoms with E-state index in [0.717, 1.165) is 6.54 Å². The molecule has 1 atom stereocenters. The molecule has 0 aliphatic carbocycles. The molecule has 1 aromatic heterocycles. The second kappa shape index (κ2) is 7.66. The van der Waals surface area contributed by atoms with Gasteiger partial charge in [0.1, 0.15) is 0 Å². The van der Waals surface area contributed by atoms with Gasteiger partial charge in [-0.15, -0.1) is 17.9 Å². The molecule has 0 spiro atoms. The first-order valence-electron chi connectivity index (χ1n) is 5.75. The van der Waals surface area contributed by atoms with Crippen molar-refractivity contribution in [2.75, 3.05) is 6.54 Å². The fraction of sp³-hybridized carbons (Fsp3) is 0.538. The van der Waals surface area contributed by atoms with Crippen LogP contribution in [0.4, 0.5) is 0 Å². The Morgan fingerprint density at radius 1 is 1.60 bits per heavy atom. The number of nitrogens with one attached hydrogen (secondary N) is 1. The first kappa shape index (κ1) is 12.5. The highest BCUT2D eigenvalue weighted by atomic mass is 32.1. The van der Waals surface area contributed by atoms with E-state index in [1.165, 1.54) is 30.6 Å². The molecule has 0 saturated heterocycles. The minimum Gasteiger partial charge on any atom is -0.311 e. The summed E-state index contributed by atoms with van der Waals surface area (Å²) in [6.07, 6.45) is 6.87. The fourth-order valence-electron chi connectivity index (χ4n) is 1.58. The highest BCUT2D eigenvalue weighted by molar-refractivity contribution is 7.09.